The fourth-order valence-electron chi connectivity index (χ4n) is 2.24. The average molecular weight is 347 g/mol. The Kier molecular flexibility index (Phi) is 4.56. The minimum absolute atomic E-state index is 0.290. The topological polar surface area (TPSA) is 52.3 Å². The molecular weight excluding hydrogens is 335 g/mol. The third kappa shape index (κ3) is 3.88. The van der Waals surface area contributed by atoms with Gasteiger partial charge in [0.15, 0.2) is 5.76 Å². The molecule has 0 N–H and O–H groups in total. The smallest absolute Gasteiger partial charge is 0.417 e. The van der Waals surface area contributed by atoms with Gasteiger partial charge in [-0.05, 0) is 12.1 Å². The van der Waals surface area contributed by atoms with Crippen LogP contribution in [0, 0.1) is 0 Å². The van der Waals surface area contributed by atoms with Gasteiger partial charge < -0.3 is 9.26 Å². The predicted octanol–water partition coefficient (Wildman–Crippen LogP) is 4.72. The molecule has 0 unspecified atom stereocenters. The molecule has 0 aliphatic heterocycles. The van der Waals surface area contributed by atoms with E-state index in [4.69, 9.17) is 9.26 Å². The minimum Gasteiger partial charge on any atom is -0.455 e. The molecule has 7 heteroatoms. The van der Waals surface area contributed by atoms with E-state index < -0.39 is 23.3 Å². The lowest BCUT2D eigenvalue weighted by Crippen LogP contribution is -2.15. The Morgan fingerprint density at radius 3 is 2.44 bits per heavy atom. The number of aromatic nitrogens is 1. The summed E-state index contributed by atoms with van der Waals surface area (Å²) >= 11 is 0. The molecule has 3 rings (SSSR count). The van der Waals surface area contributed by atoms with Crippen LogP contribution in [0.1, 0.15) is 21.6 Å². The number of ether oxygens (including phenoxy) is 1. The first-order chi connectivity index (χ1) is 11.9. The number of esters is 1. The molecule has 0 fully saturated rings. The van der Waals surface area contributed by atoms with Gasteiger partial charge in [0.25, 0.3) is 0 Å². The van der Waals surface area contributed by atoms with Gasteiger partial charge in [-0.1, -0.05) is 47.6 Å². The highest BCUT2D eigenvalue weighted by molar-refractivity contribution is 5.91. The van der Waals surface area contributed by atoms with Crippen molar-refractivity contribution in [1.82, 2.24) is 5.16 Å². The van der Waals surface area contributed by atoms with E-state index >= 15 is 0 Å². The van der Waals surface area contributed by atoms with Crippen molar-refractivity contribution in [2.75, 3.05) is 0 Å². The number of halogens is 3. The number of alkyl halides is 3. The Hall–Kier alpha value is -3.09. The molecule has 2 aromatic carbocycles. The Morgan fingerprint density at radius 2 is 1.72 bits per heavy atom. The Bertz CT molecular complexity index is 873. The maximum absolute atomic E-state index is 12.9. The quantitative estimate of drug-likeness (QED) is 0.641. The molecule has 3 aromatic rings. The van der Waals surface area contributed by atoms with Crippen LogP contribution in [0.3, 0.4) is 0 Å². The fraction of sp³-hybridized carbons (Fsp3) is 0.111. The van der Waals surface area contributed by atoms with Crippen LogP contribution in [0.15, 0.2) is 65.2 Å². The van der Waals surface area contributed by atoms with Crippen molar-refractivity contribution in [3.8, 4) is 11.3 Å². The van der Waals surface area contributed by atoms with Crippen molar-refractivity contribution in [3.05, 3.63) is 77.5 Å². The highest BCUT2D eigenvalue weighted by atomic mass is 19.4. The van der Waals surface area contributed by atoms with Crippen LogP contribution < -0.4 is 0 Å². The van der Waals surface area contributed by atoms with Gasteiger partial charge in [0, 0.05) is 11.6 Å². The van der Waals surface area contributed by atoms with E-state index in [-0.39, 0.29) is 6.61 Å². The molecule has 1 heterocycles. The van der Waals surface area contributed by atoms with E-state index in [0.29, 0.717) is 11.5 Å². The first-order valence-corrected chi connectivity index (χ1v) is 7.29. The number of benzene rings is 2. The zero-order valence-electron chi connectivity index (χ0n) is 12.8. The van der Waals surface area contributed by atoms with E-state index in [1.54, 1.807) is 6.07 Å². The fourth-order valence-corrected chi connectivity index (χ4v) is 2.24. The lowest BCUT2D eigenvalue weighted by molar-refractivity contribution is -0.138. The van der Waals surface area contributed by atoms with Crippen molar-refractivity contribution >= 4 is 5.97 Å². The lowest BCUT2D eigenvalue weighted by Gasteiger charge is -2.11. The van der Waals surface area contributed by atoms with Crippen molar-refractivity contribution < 1.29 is 27.2 Å². The summed E-state index contributed by atoms with van der Waals surface area (Å²) in [5, 5.41) is 3.75. The van der Waals surface area contributed by atoms with Crippen LogP contribution in [-0.4, -0.2) is 11.1 Å². The normalized spacial score (nSPS) is 11.3. The molecule has 0 saturated carbocycles. The van der Waals surface area contributed by atoms with Crippen LogP contribution in [-0.2, 0) is 17.5 Å². The van der Waals surface area contributed by atoms with Gasteiger partial charge in [0.05, 0.1) is 11.1 Å². The Morgan fingerprint density at radius 1 is 1.04 bits per heavy atom. The third-order valence-corrected chi connectivity index (χ3v) is 3.42. The van der Waals surface area contributed by atoms with E-state index in [9.17, 15) is 18.0 Å². The molecule has 0 saturated heterocycles. The van der Waals surface area contributed by atoms with Crippen molar-refractivity contribution in [3.63, 3.8) is 0 Å². The summed E-state index contributed by atoms with van der Waals surface area (Å²) in [7, 11) is 0. The first-order valence-electron chi connectivity index (χ1n) is 7.29. The number of hydrogen-bond donors (Lipinski definition) is 0. The Balaban J connectivity index is 1.71. The monoisotopic (exact) mass is 347 g/mol. The molecule has 0 aliphatic rings. The summed E-state index contributed by atoms with van der Waals surface area (Å²) in [5.74, 6) is -0.598. The largest absolute Gasteiger partial charge is 0.455 e. The van der Waals surface area contributed by atoms with E-state index in [1.807, 2.05) is 30.3 Å². The van der Waals surface area contributed by atoms with Gasteiger partial charge in [-0.2, -0.15) is 13.2 Å². The van der Waals surface area contributed by atoms with Crippen molar-refractivity contribution in [2.24, 2.45) is 0 Å². The molecule has 128 valence electrons. The zero-order valence-corrected chi connectivity index (χ0v) is 12.8. The number of hydrogen-bond acceptors (Lipinski definition) is 4. The SMILES string of the molecule is O=C(OCc1cc(-c2ccccc2)on1)c1ccccc1C(F)(F)F. The molecule has 0 spiro atoms. The van der Waals surface area contributed by atoms with Crippen LogP contribution >= 0.6 is 0 Å². The van der Waals surface area contributed by atoms with Crippen molar-refractivity contribution in [2.45, 2.75) is 12.8 Å². The summed E-state index contributed by atoms with van der Waals surface area (Å²) in [5.41, 5.74) is -0.487. The molecule has 0 atom stereocenters. The predicted molar refractivity (Wildman–Crippen MR) is 82.5 cm³/mol. The highest BCUT2D eigenvalue weighted by Gasteiger charge is 2.35. The van der Waals surface area contributed by atoms with Crippen LogP contribution in [0.2, 0.25) is 0 Å². The highest BCUT2D eigenvalue weighted by Crippen LogP contribution is 2.32. The number of rotatable bonds is 4. The molecule has 25 heavy (non-hydrogen) atoms. The molecule has 0 aliphatic carbocycles. The van der Waals surface area contributed by atoms with E-state index in [2.05, 4.69) is 5.16 Å². The minimum atomic E-state index is -4.63. The van der Waals surface area contributed by atoms with Gasteiger partial charge in [-0.15, -0.1) is 0 Å². The summed E-state index contributed by atoms with van der Waals surface area (Å²) in [6, 6.07) is 15.2. The van der Waals surface area contributed by atoms with E-state index in [0.717, 1.165) is 17.7 Å². The van der Waals surface area contributed by atoms with Crippen LogP contribution in [0.5, 0.6) is 0 Å². The molecule has 0 amide bonds. The number of nitrogens with zero attached hydrogens (tertiary/aromatic N) is 1. The molecular formula is C18H12F3NO3. The lowest BCUT2D eigenvalue weighted by atomic mass is 10.1. The van der Waals surface area contributed by atoms with Crippen molar-refractivity contribution in [1.29, 1.82) is 0 Å². The molecule has 0 bridgehead atoms. The van der Waals surface area contributed by atoms with Crippen LogP contribution in [0.4, 0.5) is 13.2 Å². The summed E-state index contributed by atoms with van der Waals surface area (Å²) in [4.78, 5) is 12.0. The van der Waals surface area contributed by atoms with Gasteiger partial charge in [-0.25, -0.2) is 4.79 Å². The van der Waals surface area contributed by atoms with E-state index in [1.165, 1.54) is 12.1 Å². The van der Waals surface area contributed by atoms with Gasteiger partial charge in [0.2, 0.25) is 0 Å². The summed E-state index contributed by atoms with van der Waals surface area (Å²) < 4.78 is 48.9. The molecule has 1 aromatic heterocycles. The summed E-state index contributed by atoms with van der Waals surface area (Å²) in [6.45, 7) is -0.290. The van der Waals surface area contributed by atoms with Gasteiger partial charge >= 0.3 is 12.1 Å². The summed E-state index contributed by atoms with van der Waals surface area (Å²) in [6.07, 6.45) is -4.63. The second kappa shape index (κ2) is 6.80. The van der Waals surface area contributed by atoms with Gasteiger partial charge in [-0.3, -0.25) is 0 Å². The standard InChI is InChI=1S/C18H12F3NO3/c19-18(20,21)15-9-5-4-8-14(15)17(23)24-11-13-10-16(25-22-13)12-6-2-1-3-7-12/h1-10H,11H2. The zero-order chi connectivity index (χ0) is 17.9. The maximum Gasteiger partial charge on any atom is 0.417 e. The molecule has 0 radical (unpaired) electrons. The number of carbonyl (C=O) groups is 1. The Labute approximate surface area is 140 Å². The molecule has 4 nitrogen and oxygen atoms in total. The average Bonchev–Trinajstić information content (AvgIpc) is 3.09. The third-order valence-electron chi connectivity index (χ3n) is 3.42. The second-order valence-corrected chi connectivity index (χ2v) is 5.17. The van der Waals surface area contributed by atoms with Crippen LogP contribution in [0.25, 0.3) is 11.3 Å². The maximum atomic E-state index is 12.9. The first kappa shape index (κ1) is 16.8. The van der Waals surface area contributed by atoms with Gasteiger partial charge in [0.1, 0.15) is 12.3 Å². The second-order valence-electron chi connectivity index (χ2n) is 5.17. The number of carbonyl (C=O) groups excluding carboxylic acids is 1.